The van der Waals surface area contributed by atoms with E-state index < -0.39 is 17.4 Å². The minimum absolute atomic E-state index is 0.0803. The number of aromatic nitrogens is 2. The van der Waals surface area contributed by atoms with Gasteiger partial charge in [0.15, 0.2) is 0 Å². The maximum absolute atomic E-state index is 12.4. The second-order valence-corrected chi connectivity index (χ2v) is 6.88. The van der Waals surface area contributed by atoms with Crippen LogP contribution in [0.2, 0.25) is 0 Å². The van der Waals surface area contributed by atoms with Gasteiger partial charge in [-0.2, -0.15) is 5.10 Å². The van der Waals surface area contributed by atoms with Crippen LogP contribution >= 0.6 is 0 Å². The van der Waals surface area contributed by atoms with Crippen molar-refractivity contribution in [2.24, 2.45) is 13.0 Å². The van der Waals surface area contributed by atoms with Gasteiger partial charge in [0, 0.05) is 19.2 Å². The van der Waals surface area contributed by atoms with Crippen LogP contribution < -0.4 is 5.32 Å². The SMILES string of the molecule is Cc1nn(C)c(C)c1CCC(=O)NC1(C)CCCCC1C(=O)O. The fourth-order valence-electron chi connectivity index (χ4n) is 3.68. The zero-order valence-electron chi connectivity index (χ0n) is 14.5. The van der Waals surface area contributed by atoms with Crippen molar-refractivity contribution in [1.82, 2.24) is 15.1 Å². The van der Waals surface area contributed by atoms with Crippen LogP contribution in [0.1, 0.15) is 56.0 Å². The first-order valence-corrected chi connectivity index (χ1v) is 8.27. The van der Waals surface area contributed by atoms with Crippen molar-refractivity contribution in [3.63, 3.8) is 0 Å². The van der Waals surface area contributed by atoms with Crippen LogP contribution in [0.25, 0.3) is 0 Å². The average molecular weight is 321 g/mol. The largest absolute Gasteiger partial charge is 0.481 e. The van der Waals surface area contributed by atoms with Crippen LogP contribution in [0.5, 0.6) is 0 Å². The quantitative estimate of drug-likeness (QED) is 0.870. The number of hydrogen-bond acceptors (Lipinski definition) is 3. The Morgan fingerprint density at radius 1 is 1.39 bits per heavy atom. The minimum atomic E-state index is -0.813. The summed E-state index contributed by atoms with van der Waals surface area (Å²) >= 11 is 0. The highest BCUT2D eigenvalue weighted by atomic mass is 16.4. The Hall–Kier alpha value is -1.85. The number of hydrogen-bond donors (Lipinski definition) is 2. The van der Waals surface area contributed by atoms with Crippen molar-refractivity contribution < 1.29 is 14.7 Å². The van der Waals surface area contributed by atoms with Gasteiger partial charge in [0.25, 0.3) is 0 Å². The summed E-state index contributed by atoms with van der Waals surface area (Å²) in [7, 11) is 1.90. The average Bonchev–Trinajstić information content (AvgIpc) is 2.69. The molecule has 2 rings (SSSR count). The number of rotatable bonds is 5. The maximum atomic E-state index is 12.4. The van der Waals surface area contributed by atoms with E-state index in [0.717, 1.165) is 36.2 Å². The molecule has 1 aromatic heterocycles. The molecule has 1 heterocycles. The maximum Gasteiger partial charge on any atom is 0.308 e. The highest BCUT2D eigenvalue weighted by molar-refractivity contribution is 5.79. The predicted octanol–water partition coefficient (Wildman–Crippen LogP) is 2.12. The molecule has 128 valence electrons. The summed E-state index contributed by atoms with van der Waals surface area (Å²) in [5.74, 6) is -1.39. The lowest BCUT2D eigenvalue weighted by atomic mass is 9.74. The van der Waals surface area contributed by atoms with Gasteiger partial charge in [0.1, 0.15) is 0 Å². The Balaban J connectivity index is 1.99. The van der Waals surface area contributed by atoms with Gasteiger partial charge in [-0.05, 0) is 45.6 Å². The summed E-state index contributed by atoms with van der Waals surface area (Å²) in [5.41, 5.74) is 2.49. The number of nitrogens with zero attached hydrogens (tertiary/aromatic N) is 2. The fraction of sp³-hybridized carbons (Fsp3) is 0.706. The smallest absolute Gasteiger partial charge is 0.308 e. The standard InChI is InChI=1S/C17H27N3O3/c1-11-13(12(2)20(4)19-11)8-9-15(21)18-17(3)10-6-5-7-14(17)16(22)23/h14H,5-10H2,1-4H3,(H,18,21)(H,22,23). The summed E-state index contributed by atoms with van der Waals surface area (Å²) < 4.78 is 1.82. The topological polar surface area (TPSA) is 84.2 Å². The fourth-order valence-corrected chi connectivity index (χ4v) is 3.68. The molecular formula is C17H27N3O3. The highest BCUT2D eigenvalue weighted by Gasteiger charge is 2.42. The summed E-state index contributed by atoms with van der Waals surface area (Å²) in [6, 6.07) is 0. The molecule has 1 aliphatic rings. The molecule has 0 aliphatic heterocycles. The first-order valence-electron chi connectivity index (χ1n) is 8.27. The van der Waals surface area contributed by atoms with E-state index in [1.54, 1.807) is 0 Å². The van der Waals surface area contributed by atoms with Gasteiger partial charge in [0.2, 0.25) is 5.91 Å². The molecule has 23 heavy (non-hydrogen) atoms. The zero-order chi connectivity index (χ0) is 17.2. The van der Waals surface area contributed by atoms with Crippen molar-refractivity contribution in [1.29, 1.82) is 0 Å². The van der Waals surface area contributed by atoms with E-state index in [-0.39, 0.29) is 5.91 Å². The Morgan fingerprint density at radius 3 is 2.65 bits per heavy atom. The molecule has 1 aliphatic carbocycles. The number of carboxylic acid groups (broad SMARTS) is 1. The normalized spacial score (nSPS) is 24.4. The lowest BCUT2D eigenvalue weighted by Crippen LogP contribution is -2.55. The lowest BCUT2D eigenvalue weighted by molar-refractivity contribution is -0.146. The number of carbonyl (C=O) groups excluding carboxylic acids is 1. The zero-order valence-corrected chi connectivity index (χ0v) is 14.5. The third-order valence-corrected chi connectivity index (χ3v) is 5.19. The van der Waals surface area contributed by atoms with E-state index in [2.05, 4.69) is 10.4 Å². The van der Waals surface area contributed by atoms with E-state index in [1.807, 2.05) is 32.5 Å². The number of aliphatic carboxylic acids is 1. The first kappa shape index (κ1) is 17.5. The molecular weight excluding hydrogens is 294 g/mol. The number of carboxylic acids is 1. The van der Waals surface area contributed by atoms with Crippen molar-refractivity contribution in [2.45, 2.75) is 64.8 Å². The molecule has 1 aromatic rings. The van der Waals surface area contributed by atoms with Gasteiger partial charge < -0.3 is 10.4 Å². The van der Waals surface area contributed by atoms with Crippen LogP contribution in [-0.4, -0.2) is 32.3 Å². The van der Waals surface area contributed by atoms with Gasteiger partial charge in [0.05, 0.1) is 17.2 Å². The van der Waals surface area contributed by atoms with Crippen molar-refractivity contribution in [2.75, 3.05) is 0 Å². The molecule has 2 atom stereocenters. The molecule has 1 fully saturated rings. The molecule has 0 bridgehead atoms. The Bertz CT molecular complexity index is 608. The number of nitrogens with one attached hydrogen (secondary N) is 1. The van der Waals surface area contributed by atoms with Crippen LogP contribution in [0, 0.1) is 19.8 Å². The number of amides is 1. The third-order valence-electron chi connectivity index (χ3n) is 5.19. The number of carbonyl (C=O) groups is 2. The molecule has 0 spiro atoms. The highest BCUT2D eigenvalue weighted by Crippen LogP contribution is 2.34. The molecule has 0 saturated heterocycles. The van der Waals surface area contributed by atoms with E-state index in [0.29, 0.717) is 19.3 Å². The van der Waals surface area contributed by atoms with Crippen LogP contribution in [0.15, 0.2) is 0 Å². The third kappa shape index (κ3) is 3.74. The molecule has 2 unspecified atom stereocenters. The summed E-state index contributed by atoms with van der Waals surface area (Å²) in [4.78, 5) is 23.8. The van der Waals surface area contributed by atoms with Crippen LogP contribution in [-0.2, 0) is 23.1 Å². The molecule has 6 nitrogen and oxygen atoms in total. The predicted molar refractivity (Wildman–Crippen MR) is 87.1 cm³/mol. The Labute approximate surface area is 137 Å². The summed E-state index contributed by atoms with van der Waals surface area (Å²) in [6.45, 7) is 5.81. The first-order chi connectivity index (χ1) is 10.7. The van der Waals surface area contributed by atoms with Crippen molar-refractivity contribution in [3.8, 4) is 0 Å². The van der Waals surface area contributed by atoms with E-state index in [1.165, 1.54) is 0 Å². The lowest BCUT2D eigenvalue weighted by Gasteiger charge is -2.39. The van der Waals surface area contributed by atoms with E-state index in [4.69, 9.17) is 0 Å². The monoisotopic (exact) mass is 321 g/mol. The molecule has 0 radical (unpaired) electrons. The Morgan fingerprint density at radius 2 is 2.09 bits per heavy atom. The molecule has 2 N–H and O–H groups in total. The second-order valence-electron chi connectivity index (χ2n) is 6.88. The molecule has 6 heteroatoms. The van der Waals surface area contributed by atoms with Gasteiger partial charge >= 0.3 is 5.97 Å². The minimum Gasteiger partial charge on any atom is -0.481 e. The molecule has 0 aromatic carbocycles. The van der Waals surface area contributed by atoms with E-state index >= 15 is 0 Å². The van der Waals surface area contributed by atoms with Gasteiger partial charge in [-0.15, -0.1) is 0 Å². The van der Waals surface area contributed by atoms with Crippen molar-refractivity contribution in [3.05, 3.63) is 17.0 Å². The molecule has 1 amide bonds. The molecule has 1 saturated carbocycles. The number of aryl methyl sites for hydroxylation is 2. The Kier molecular flexibility index (Phi) is 5.12. The van der Waals surface area contributed by atoms with Gasteiger partial charge in [-0.1, -0.05) is 12.8 Å². The van der Waals surface area contributed by atoms with Crippen LogP contribution in [0.3, 0.4) is 0 Å². The van der Waals surface area contributed by atoms with Gasteiger partial charge in [-0.3, -0.25) is 14.3 Å². The second kappa shape index (κ2) is 6.72. The van der Waals surface area contributed by atoms with Crippen molar-refractivity contribution >= 4 is 11.9 Å². The van der Waals surface area contributed by atoms with Gasteiger partial charge in [-0.25, -0.2) is 0 Å². The van der Waals surface area contributed by atoms with Crippen LogP contribution in [0.4, 0.5) is 0 Å². The van der Waals surface area contributed by atoms with E-state index in [9.17, 15) is 14.7 Å². The summed E-state index contributed by atoms with van der Waals surface area (Å²) in [6.07, 6.45) is 4.21. The summed E-state index contributed by atoms with van der Waals surface area (Å²) in [5, 5.41) is 16.8.